The summed E-state index contributed by atoms with van der Waals surface area (Å²) in [6.07, 6.45) is 2.63. The van der Waals surface area contributed by atoms with E-state index in [9.17, 15) is 19.5 Å². The number of hydrogen-bond acceptors (Lipinski definition) is 4. The number of halogens is 1. The van der Waals surface area contributed by atoms with Gasteiger partial charge >= 0.3 is 6.09 Å². The van der Waals surface area contributed by atoms with Crippen LogP contribution >= 0.6 is 11.6 Å². The summed E-state index contributed by atoms with van der Waals surface area (Å²) in [6.45, 7) is 6.37. The van der Waals surface area contributed by atoms with E-state index in [1.165, 1.54) is 10.5 Å². The molecule has 4 rings (SSSR count). The van der Waals surface area contributed by atoms with Crippen molar-refractivity contribution >= 4 is 40.3 Å². The number of nitrogens with zero attached hydrogens (tertiary/aromatic N) is 2. The normalized spacial score (nSPS) is 17.8. The molecule has 0 aromatic heterocycles. The highest BCUT2D eigenvalue weighted by Gasteiger charge is 2.32. The van der Waals surface area contributed by atoms with E-state index < -0.39 is 12.1 Å². The molecule has 1 fully saturated rings. The minimum atomic E-state index is -0.969. The van der Waals surface area contributed by atoms with Crippen molar-refractivity contribution in [1.82, 2.24) is 20.4 Å². The monoisotopic (exact) mass is 606 g/mol. The van der Waals surface area contributed by atoms with Gasteiger partial charge in [-0.15, -0.1) is 0 Å². The minimum absolute atomic E-state index is 0.0165. The molecule has 0 aliphatic carbocycles. The van der Waals surface area contributed by atoms with Crippen LogP contribution in [0.1, 0.15) is 67.8 Å². The zero-order valence-corrected chi connectivity index (χ0v) is 25.9. The fourth-order valence-electron chi connectivity index (χ4n) is 5.70. The lowest BCUT2D eigenvalue weighted by molar-refractivity contribution is -0.133. The maximum absolute atomic E-state index is 13.9. The van der Waals surface area contributed by atoms with E-state index in [0.29, 0.717) is 49.6 Å². The Balaban J connectivity index is 1.47. The van der Waals surface area contributed by atoms with Gasteiger partial charge in [0.05, 0.1) is 6.04 Å². The van der Waals surface area contributed by atoms with Gasteiger partial charge in [-0.25, -0.2) is 4.79 Å². The van der Waals surface area contributed by atoms with Gasteiger partial charge in [0.25, 0.3) is 5.91 Å². The van der Waals surface area contributed by atoms with E-state index in [-0.39, 0.29) is 30.3 Å². The quantitative estimate of drug-likeness (QED) is 0.217. The van der Waals surface area contributed by atoms with Crippen LogP contribution in [0, 0.1) is 0 Å². The first-order valence-electron chi connectivity index (χ1n) is 15.3. The highest BCUT2D eigenvalue weighted by atomic mass is 35.5. The fraction of sp³-hybridized carbons (Fsp3) is 0.441. The van der Waals surface area contributed by atoms with Crippen LogP contribution in [0.3, 0.4) is 0 Å². The lowest BCUT2D eigenvalue weighted by atomic mass is 9.95. The van der Waals surface area contributed by atoms with Crippen molar-refractivity contribution in [3.05, 3.63) is 82.9 Å². The number of carbonyl (C=O) groups is 3. The number of benzene rings is 3. The van der Waals surface area contributed by atoms with Crippen LogP contribution in [0.5, 0.6) is 0 Å². The first kappa shape index (κ1) is 32.3. The van der Waals surface area contributed by atoms with Gasteiger partial charge in [-0.2, -0.15) is 0 Å². The second-order valence-electron chi connectivity index (χ2n) is 11.3. The molecular weight excluding hydrogens is 564 g/mol. The Bertz CT molecular complexity index is 1390. The van der Waals surface area contributed by atoms with E-state index in [2.05, 4.69) is 29.7 Å². The summed E-state index contributed by atoms with van der Waals surface area (Å²) in [7, 11) is 0. The molecule has 230 valence electrons. The van der Waals surface area contributed by atoms with Gasteiger partial charge in [-0.3, -0.25) is 9.59 Å². The number of fused-ring (bicyclic) bond motifs is 1. The molecule has 8 nitrogen and oxygen atoms in total. The van der Waals surface area contributed by atoms with Gasteiger partial charge in [-0.1, -0.05) is 74.3 Å². The number of carboxylic acid groups (broad SMARTS) is 1. The molecule has 43 heavy (non-hydrogen) atoms. The summed E-state index contributed by atoms with van der Waals surface area (Å²) in [5, 5.41) is 18.8. The standard InChI is InChI=1S/C34H43ClN4O4/c1-3-5-17-38(34(42)43)19-16-31-33(41)39(23-24(4-2)25-9-7-6-8-10-25)18-15-30(37-31)22-36-32(40)28-12-11-27-21-29(35)14-13-26(27)20-28/h6-14,20-21,24,30-31,37H,3-5,15-19,22-23H2,1-2H3,(H,36,40)(H,42,43)/t24-,30+,31+/m1/s1. The van der Waals surface area contributed by atoms with Crippen molar-refractivity contribution in [1.29, 1.82) is 0 Å². The van der Waals surface area contributed by atoms with Crippen molar-refractivity contribution in [2.75, 3.05) is 32.7 Å². The lowest BCUT2D eigenvalue weighted by Crippen LogP contribution is -2.50. The molecule has 0 bridgehead atoms. The Labute approximate surface area is 259 Å². The van der Waals surface area contributed by atoms with E-state index in [4.69, 9.17) is 11.6 Å². The molecule has 3 aromatic carbocycles. The van der Waals surface area contributed by atoms with Crippen LogP contribution in [0.2, 0.25) is 5.02 Å². The first-order valence-corrected chi connectivity index (χ1v) is 15.7. The molecule has 0 saturated carbocycles. The third kappa shape index (κ3) is 8.94. The number of rotatable bonds is 13. The average Bonchev–Trinajstić information content (AvgIpc) is 3.16. The summed E-state index contributed by atoms with van der Waals surface area (Å²) >= 11 is 6.10. The molecular formula is C34H43ClN4O4. The second kappa shape index (κ2) is 15.7. The van der Waals surface area contributed by atoms with E-state index in [0.717, 1.165) is 30.0 Å². The molecule has 9 heteroatoms. The van der Waals surface area contributed by atoms with Crippen molar-refractivity contribution in [3.8, 4) is 0 Å². The molecule has 1 aliphatic heterocycles. The molecule has 1 heterocycles. The maximum atomic E-state index is 13.9. The smallest absolute Gasteiger partial charge is 0.407 e. The van der Waals surface area contributed by atoms with Crippen molar-refractivity contribution in [2.24, 2.45) is 0 Å². The summed E-state index contributed by atoms with van der Waals surface area (Å²) in [5.74, 6) is -0.00323. The van der Waals surface area contributed by atoms with Crippen LogP contribution < -0.4 is 10.6 Å². The molecule has 3 N–H and O–H groups in total. The van der Waals surface area contributed by atoms with Gasteiger partial charge in [0.2, 0.25) is 5.91 Å². The van der Waals surface area contributed by atoms with Gasteiger partial charge in [0, 0.05) is 55.3 Å². The Morgan fingerprint density at radius 3 is 2.53 bits per heavy atom. The first-order chi connectivity index (χ1) is 20.8. The number of nitrogens with one attached hydrogen (secondary N) is 2. The predicted octanol–water partition coefficient (Wildman–Crippen LogP) is 6.15. The fourth-order valence-corrected chi connectivity index (χ4v) is 5.89. The SMILES string of the molecule is CCCCN(CC[C@@H]1N[C@H](CNC(=O)c2ccc3cc(Cl)ccc3c2)CCN(C[C@@H](CC)c2ccccc2)C1=O)C(=O)O. The summed E-state index contributed by atoms with van der Waals surface area (Å²) in [6, 6.07) is 20.6. The Hall–Kier alpha value is -3.62. The third-order valence-electron chi connectivity index (χ3n) is 8.31. The highest BCUT2D eigenvalue weighted by Crippen LogP contribution is 2.23. The number of carbonyl (C=O) groups excluding carboxylic acids is 2. The molecule has 3 aromatic rings. The van der Waals surface area contributed by atoms with Crippen LogP contribution in [0.15, 0.2) is 66.7 Å². The molecule has 0 unspecified atom stereocenters. The minimum Gasteiger partial charge on any atom is -0.465 e. The van der Waals surface area contributed by atoms with E-state index in [1.807, 2.05) is 54.3 Å². The largest absolute Gasteiger partial charge is 0.465 e. The van der Waals surface area contributed by atoms with Crippen LogP contribution in [-0.4, -0.2) is 77.6 Å². The Morgan fingerprint density at radius 1 is 1.07 bits per heavy atom. The average molecular weight is 607 g/mol. The van der Waals surface area contributed by atoms with Crippen LogP contribution in [-0.2, 0) is 4.79 Å². The summed E-state index contributed by atoms with van der Waals surface area (Å²) in [4.78, 5) is 42.2. The van der Waals surface area contributed by atoms with Gasteiger partial charge in [-0.05, 0) is 66.3 Å². The summed E-state index contributed by atoms with van der Waals surface area (Å²) in [5.41, 5.74) is 1.75. The zero-order valence-electron chi connectivity index (χ0n) is 25.1. The zero-order chi connectivity index (χ0) is 30.8. The van der Waals surface area contributed by atoms with Crippen LogP contribution in [0.25, 0.3) is 10.8 Å². The van der Waals surface area contributed by atoms with Crippen molar-refractivity contribution in [3.63, 3.8) is 0 Å². The molecule has 1 aliphatic rings. The van der Waals surface area contributed by atoms with Gasteiger partial charge < -0.3 is 25.5 Å². The van der Waals surface area contributed by atoms with Gasteiger partial charge in [0.15, 0.2) is 0 Å². The van der Waals surface area contributed by atoms with Crippen LogP contribution in [0.4, 0.5) is 4.79 Å². The number of unbranched alkanes of at least 4 members (excludes halogenated alkanes) is 1. The lowest BCUT2D eigenvalue weighted by Gasteiger charge is -2.29. The number of amides is 3. The van der Waals surface area contributed by atoms with E-state index in [1.54, 1.807) is 12.1 Å². The van der Waals surface area contributed by atoms with Gasteiger partial charge in [0.1, 0.15) is 0 Å². The summed E-state index contributed by atoms with van der Waals surface area (Å²) < 4.78 is 0. The Morgan fingerprint density at radius 2 is 1.81 bits per heavy atom. The van der Waals surface area contributed by atoms with Crippen molar-refractivity contribution in [2.45, 2.75) is 64.0 Å². The molecule has 0 radical (unpaired) electrons. The van der Waals surface area contributed by atoms with E-state index >= 15 is 0 Å². The van der Waals surface area contributed by atoms with Crippen molar-refractivity contribution < 1.29 is 19.5 Å². The second-order valence-corrected chi connectivity index (χ2v) is 11.8. The molecule has 1 saturated heterocycles. The highest BCUT2D eigenvalue weighted by molar-refractivity contribution is 6.31. The molecule has 0 spiro atoms. The topological polar surface area (TPSA) is 102 Å². The third-order valence-corrected chi connectivity index (χ3v) is 8.55. The molecule has 3 amide bonds. The molecule has 3 atom stereocenters. The Kier molecular flexibility index (Phi) is 11.8. The number of hydrogen-bond donors (Lipinski definition) is 3. The maximum Gasteiger partial charge on any atom is 0.407 e. The predicted molar refractivity (Wildman–Crippen MR) is 172 cm³/mol.